The van der Waals surface area contributed by atoms with Crippen LogP contribution in [0.5, 0.6) is 0 Å². The van der Waals surface area contributed by atoms with Crippen LogP contribution in [-0.2, 0) is 0 Å². The van der Waals surface area contributed by atoms with Crippen LogP contribution >= 0.6 is 27.5 Å². The Kier molecular flexibility index (Phi) is 3.59. The van der Waals surface area contributed by atoms with Crippen molar-refractivity contribution in [2.24, 2.45) is 10.7 Å². The van der Waals surface area contributed by atoms with Gasteiger partial charge in [-0.25, -0.2) is 15.0 Å². The van der Waals surface area contributed by atoms with E-state index in [1.54, 1.807) is 12.3 Å². The summed E-state index contributed by atoms with van der Waals surface area (Å²) < 4.78 is 0.783. The monoisotopic (exact) mass is 312 g/mol. The summed E-state index contributed by atoms with van der Waals surface area (Å²) >= 11 is 9.23. The first-order valence-electron chi connectivity index (χ1n) is 5.05. The van der Waals surface area contributed by atoms with Crippen LogP contribution in [-0.4, -0.2) is 15.8 Å². The molecule has 6 heteroatoms. The molecule has 88 valence electrons. The van der Waals surface area contributed by atoms with Crippen molar-refractivity contribution < 1.29 is 0 Å². The number of halogens is 2. The van der Waals surface area contributed by atoms with Gasteiger partial charge in [0.1, 0.15) is 11.0 Å². The number of pyridine rings is 2. The van der Waals surface area contributed by atoms with Gasteiger partial charge in [0, 0.05) is 24.1 Å². The zero-order valence-electron chi connectivity index (χ0n) is 9.11. The van der Waals surface area contributed by atoms with Gasteiger partial charge in [-0.1, -0.05) is 18.5 Å². The second-order valence-electron chi connectivity index (χ2n) is 3.45. The van der Waals surface area contributed by atoms with Crippen molar-refractivity contribution in [1.29, 1.82) is 0 Å². The first-order valence-corrected chi connectivity index (χ1v) is 6.22. The van der Waals surface area contributed by atoms with E-state index in [9.17, 15) is 0 Å². The minimum atomic E-state index is 0.408. The normalized spacial score (nSPS) is 12.1. The Hall–Kier alpha value is -1.20. The van der Waals surface area contributed by atoms with Crippen molar-refractivity contribution in [3.05, 3.63) is 28.0 Å². The third kappa shape index (κ3) is 2.73. The van der Waals surface area contributed by atoms with Gasteiger partial charge in [0.05, 0.1) is 9.99 Å². The molecule has 0 aliphatic heterocycles. The number of hydrogen-bond donors (Lipinski definition) is 1. The molecule has 0 spiro atoms. The summed E-state index contributed by atoms with van der Waals surface area (Å²) in [5.74, 6) is 1.09. The highest BCUT2D eigenvalue weighted by Gasteiger charge is 2.05. The topological polar surface area (TPSA) is 64.2 Å². The van der Waals surface area contributed by atoms with Gasteiger partial charge in [-0.3, -0.25) is 0 Å². The molecule has 2 N–H and O–H groups in total. The van der Waals surface area contributed by atoms with Gasteiger partial charge in [-0.2, -0.15) is 0 Å². The Morgan fingerprint density at radius 1 is 1.53 bits per heavy atom. The molecule has 2 aromatic heterocycles. The number of fused-ring (bicyclic) bond motifs is 1. The van der Waals surface area contributed by atoms with Crippen LogP contribution < -0.4 is 5.73 Å². The highest BCUT2D eigenvalue weighted by atomic mass is 79.9. The Bertz CT molecular complexity index is 597. The molecule has 4 nitrogen and oxygen atoms in total. The van der Waals surface area contributed by atoms with E-state index in [2.05, 4.69) is 30.9 Å². The fraction of sp³-hybridized carbons (Fsp3) is 0.182. The van der Waals surface area contributed by atoms with Gasteiger partial charge in [-0.05, 0) is 22.0 Å². The van der Waals surface area contributed by atoms with Gasteiger partial charge in [0.25, 0.3) is 0 Å². The molecule has 0 saturated carbocycles. The number of rotatable bonds is 2. The molecule has 2 aromatic rings. The van der Waals surface area contributed by atoms with E-state index < -0.39 is 0 Å². The lowest BCUT2D eigenvalue weighted by Crippen LogP contribution is -2.08. The minimum absolute atomic E-state index is 0.408. The molecule has 0 bridgehead atoms. The fourth-order valence-corrected chi connectivity index (χ4v) is 1.88. The van der Waals surface area contributed by atoms with Crippen LogP contribution in [0, 0.1) is 0 Å². The van der Waals surface area contributed by atoms with Crippen LogP contribution in [0.25, 0.3) is 10.9 Å². The largest absolute Gasteiger partial charge is 0.387 e. The van der Waals surface area contributed by atoms with Gasteiger partial charge in [-0.15, -0.1) is 0 Å². The highest BCUT2D eigenvalue weighted by molar-refractivity contribution is 9.10. The standard InChI is InChI=1S/C11H10BrClN4/c1-2-10(14)17-11-7(12)3-6-5-15-9(13)4-8(6)16-11/h3-5H,2H2,1H3,(H2,14,16,17). The second kappa shape index (κ2) is 4.98. The molecule has 0 unspecified atom stereocenters. The fourth-order valence-electron chi connectivity index (χ4n) is 1.30. The predicted molar refractivity (Wildman–Crippen MR) is 73.8 cm³/mol. The summed E-state index contributed by atoms with van der Waals surface area (Å²) in [6.45, 7) is 1.94. The summed E-state index contributed by atoms with van der Waals surface area (Å²) in [5, 5.41) is 1.31. The average Bonchev–Trinajstić information content (AvgIpc) is 2.30. The highest BCUT2D eigenvalue weighted by Crippen LogP contribution is 2.28. The van der Waals surface area contributed by atoms with E-state index in [0.29, 0.717) is 23.2 Å². The smallest absolute Gasteiger partial charge is 0.168 e. The van der Waals surface area contributed by atoms with Crippen molar-refractivity contribution in [1.82, 2.24) is 9.97 Å². The van der Waals surface area contributed by atoms with Crippen LogP contribution in [0.3, 0.4) is 0 Å². The van der Waals surface area contributed by atoms with E-state index in [0.717, 1.165) is 15.4 Å². The quantitative estimate of drug-likeness (QED) is 0.525. The number of aliphatic imine (C=N–C) groups is 1. The van der Waals surface area contributed by atoms with Gasteiger partial charge in [0.2, 0.25) is 0 Å². The molecule has 0 amide bonds. The van der Waals surface area contributed by atoms with Gasteiger partial charge >= 0.3 is 0 Å². The van der Waals surface area contributed by atoms with Crippen molar-refractivity contribution >= 4 is 50.1 Å². The Morgan fingerprint density at radius 3 is 3.00 bits per heavy atom. The van der Waals surface area contributed by atoms with Crippen molar-refractivity contribution in [3.63, 3.8) is 0 Å². The van der Waals surface area contributed by atoms with Gasteiger partial charge in [0.15, 0.2) is 5.82 Å². The summed E-state index contributed by atoms with van der Waals surface area (Å²) in [4.78, 5) is 12.6. The Morgan fingerprint density at radius 2 is 2.29 bits per heavy atom. The number of nitrogens with zero attached hydrogens (tertiary/aromatic N) is 3. The van der Waals surface area contributed by atoms with Crippen LogP contribution in [0.15, 0.2) is 27.8 Å². The first-order chi connectivity index (χ1) is 8.10. The molecule has 0 atom stereocenters. The molecule has 0 aliphatic carbocycles. The SMILES string of the molecule is CC/C(N)=N/c1nc2cc(Cl)ncc2cc1Br. The van der Waals surface area contributed by atoms with Crippen LogP contribution in [0.4, 0.5) is 5.82 Å². The first kappa shape index (κ1) is 12.3. The second-order valence-corrected chi connectivity index (χ2v) is 4.69. The minimum Gasteiger partial charge on any atom is -0.387 e. The van der Waals surface area contributed by atoms with Crippen molar-refractivity contribution in [2.45, 2.75) is 13.3 Å². The number of aromatic nitrogens is 2. The number of nitrogens with two attached hydrogens (primary N) is 1. The molecule has 17 heavy (non-hydrogen) atoms. The van der Waals surface area contributed by atoms with E-state index in [1.807, 2.05) is 13.0 Å². The van der Waals surface area contributed by atoms with E-state index >= 15 is 0 Å². The molecule has 0 radical (unpaired) electrons. The van der Waals surface area contributed by atoms with Crippen LogP contribution in [0.1, 0.15) is 13.3 Å². The van der Waals surface area contributed by atoms with E-state index in [-0.39, 0.29) is 0 Å². The molecule has 2 rings (SSSR count). The maximum atomic E-state index is 5.82. The molecule has 0 aromatic carbocycles. The van der Waals surface area contributed by atoms with E-state index in [4.69, 9.17) is 17.3 Å². The third-order valence-corrected chi connectivity index (χ3v) is 3.00. The summed E-state index contributed by atoms with van der Waals surface area (Å²) in [5.41, 5.74) is 6.44. The molecular formula is C11H10BrClN4. The Balaban J connectivity index is 2.61. The number of amidine groups is 1. The zero-order chi connectivity index (χ0) is 12.4. The maximum Gasteiger partial charge on any atom is 0.168 e. The van der Waals surface area contributed by atoms with Crippen LogP contribution in [0.2, 0.25) is 5.15 Å². The van der Waals surface area contributed by atoms with Crippen molar-refractivity contribution in [3.8, 4) is 0 Å². The van der Waals surface area contributed by atoms with E-state index in [1.165, 1.54) is 0 Å². The predicted octanol–water partition coefficient (Wildman–Crippen LogP) is 3.44. The lowest BCUT2D eigenvalue weighted by Gasteiger charge is -2.03. The van der Waals surface area contributed by atoms with Crippen molar-refractivity contribution in [2.75, 3.05) is 0 Å². The lowest BCUT2D eigenvalue weighted by atomic mass is 10.3. The number of hydrogen-bond acceptors (Lipinski definition) is 3. The molecular weight excluding hydrogens is 304 g/mol. The lowest BCUT2D eigenvalue weighted by molar-refractivity contribution is 1.21. The average molecular weight is 314 g/mol. The maximum absolute atomic E-state index is 5.82. The summed E-state index contributed by atoms with van der Waals surface area (Å²) in [6.07, 6.45) is 2.36. The molecule has 0 aliphatic rings. The summed E-state index contributed by atoms with van der Waals surface area (Å²) in [6, 6.07) is 3.60. The third-order valence-electron chi connectivity index (χ3n) is 2.21. The summed E-state index contributed by atoms with van der Waals surface area (Å²) in [7, 11) is 0. The molecule has 0 saturated heterocycles. The Labute approximate surface area is 112 Å². The zero-order valence-corrected chi connectivity index (χ0v) is 11.5. The van der Waals surface area contributed by atoms with Gasteiger partial charge < -0.3 is 5.73 Å². The molecule has 2 heterocycles. The molecule has 0 fully saturated rings.